The number of hydrogen-bond acceptors (Lipinski definition) is 3. The molecule has 1 aromatic rings. The van der Waals surface area contributed by atoms with Gasteiger partial charge in [-0.1, -0.05) is 19.9 Å². The summed E-state index contributed by atoms with van der Waals surface area (Å²) in [5, 5.41) is 0. The van der Waals surface area contributed by atoms with Crippen molar-refractivity contribution in [3.05, 3.63) is 29.6 Å². The number of benzene rings is 1. The summed E-state index contributed by atoms with van der Waals surface area (Å²) < 4.78 is 13.6. The molecule has 0 bridgehead atoms. The number of anilines is 1. The molecular weight excluding hydrogens is 263 g/mol. The first kappa shape index (κ1) is 14.2. The van der Waals surface area contributed by atoms with E-state index in [9.17, 15) is 9.18 Å². The summed E-state index contributed by atoms with van der Waals surface area (Å²) in [7, 11) is 0. The molecule has 1 heterocycles. The number of carbonyl (C=O) groups excluding carboxylic acids is 1. The lowest BCUT2D eigenvalue weighted by Gasteiger charge is -2.23. The van der Waals surface area contributed by atoms with Crippen molar-refractivity contribution in [3.8, 4) is 0 Å². The molecule has 1 aromatic carbocycles. The lowest BCUT2D eigenvalue weighted by atomic mass is 10.1. The van der Waals surface area contributed by atoms with E-state index in [1.165, 1.54) is 12.1 Å². The maximum Gasteiger partial charge on any atom is 0.256 e. The molecule has 1 fully saturated rings. The quantitative estimate of drug-likeness (QED) is 0.806. The minimum absolute atomic E-state index is 0.0522. The second kappa shape index (κ2) is 5.41. The van der Waals surface area contributed by atoms with Crippen LogP contribution in [0, 0.1) is 5.82 Å². The Morgan fingerprint density at radius 1 is 1.42 bits per heavy atom. The van der Waals surface area contributed by atoms with Gasteiger partial charge >= 0.3 is 0 Å². The van der Waals surface area contributed by atoms with Crippen molar-refractivity contribution in [2.45, 2.75) is 25.0 Å². The second-order valence-corrected chi connectivity index (χ2v) is 7.15. The van der Waals surface area contributed by atoms with Crippen molar-refractivity contribution in [1.82, 2.24) is 4.90 Å². The predicted octanol–water partition coefficient (Wildman–Crippen LogP) is 2.77. The number of rotatable bonds is 1. The van der Waals surface area contributed by atoms with Gasteiger partial charge in [0, 0.05) is 23.6 Å². The summed E-state index contributed by atoms with van der Waals surface area (Å²) in [6.07, 6.45) is 0.929. The van der Waals surface area contributed by atoms with E-state index in [-0.39, 0.29) is 21.9 Å². The molecule has 0 aliphatic carbocycles. The van der Waals surface area contributed by atoms with Crippen molar-refractivity contribution in [2.75, 3.05) is 24.6 Å². The minimum atomic E-state index is -0.532. The Morgan fingerprint density at radius 2 is 2.16 bits per heavy atom. The standard InChI is InChI=1S/C14H19FN2OS/c1-14(2)6-7-17(8-9-19-14)13(18)10-4-3-5-11(15)12(10)16/h3-5H,6-9,16H2,1-2H3. The van der Waals surface area contributed by atoms with Crippen molar-refractivity contribution >= 4 is 23.4 Å². The maximum absolute atomic E-state index is 13.4. The lowest BCUT2D eigenvalue weighted by Crippen LogP contribution is -2.34. The van der Waals surface area contributed by atoms with Crippen molar-refractivity contribution in [1.29, 1.82) is 0 Å². The highest BCUT2D eigenvalue weighted by Crippen LogP contribution is 2.31. The molecule has 2 N–H and O–H groups in total. The van der Waals surface area contributed by atoms with Crippen molar-refractivity contribution in [2.24, 2.45) is 0 Å². The fourth-order valence-electron chi connectivity index (χ4n) is 2.12. The number of hydrogen-bond donors (Lipinski definition) is 1. The van der Waals surface area contributed by atoms with Gasteiger partial charge < -0.3 is 10.6 Å². The van der Waals surface area contributed by atoms with Crippen LogP contribution in [0.4, 0.5) is 10.1 Å². The summed E-state index contributed by atoms with van der Waals surface area (Å²) in [4.78, 5) is 14.2. The van der Waals surface area contributed by atoms with Crippen LogP contribution < -0.4 is 5.73 Å². The number of carbonyl (C=O) groups is 1. The number of thioether (sulfide) groups is 1. The molecular formula is C14H19FN2OS. The highest BCUT2D eigenvalue weighted by molar-refractivity contribution is 8.00. The van der Waals surface area contributed by atoms with Gasteiger partial charge in [-0.25, -0.2) is 4.39 Å². The van der Waals surface area contributed by atoms with E-state index in [2.05, 4.69) is 13.8 Å². The summed E-state index contributed by atoms with van der Waals surface area (Å²) in [6, 6.07) is 4.38. The van der Waals surface area contributed by atoms with Crippen LogP contribution in [0.5, 0.6) is 0 Å². The topological polar surface area (TPSA) is 46.3 Å². The number of amides is 1. The molecule has 1 aliphatic heterocycles. The smallest absolute Gasteiger partial charge is 0.256 e. The monoisotopic (exact) mass is 282 g/mol. The van der Waals surface area contributed by atoms with E-state index in [1.807, 2.05) is 11.8 Å². The zero-order valence-corrected chi connectivity index (χ0v) is 12.1. The van der Waals surface area contributed by atoms with Gasteiger partial charge in [0.2, 0.25) is 0 Å². The van der Waals surface area contributed by atoms with Crippen LogP contribution in [0.25, 0.3) is 0 Å². The third-order valence-corrected chi connectivity index (χ3v) is 4.78. The number of para-hydroxylation sites is 1. The van der Waals surface area contributed by atoms with Gasteiger partial charge in [-0.3, -0.25) is 4.79 Å². The molecule has 104 valence electrons. The number of halogens is 1. The van der Waals surface area contributed by atoms with Gasteiger partial charge in [0.05, 0.1) is 11.3 Å². The SMILES string of the molecule is CC1(C)CCN(C(=O)c2cccc(F)c2N)CCS1. The average molecular weight is 282 g/mol. The molecule has 5 heteroatoms. The maximum atomic E-state index is 13.4. The molecule has 0 saturated carbocycles. The van der Waals surface area contributed by atoms with Gasteiger partial charge in [0.1, 0.15) is 5.82 Å². The number of nitrogen functional groups attached to an aromatic ring is 1. The van der Waals surface area contributed by atoms with Gasteiger partial charge in [-0.05, 0) is 18.6 Å². The summed E-state index contributed by atoms with van der Waals surface area (Å²) >= 11 is 1.87. The van der Waals surface area contributed by atoms with Gasteiger partial charge in [-0.15, -0.1) is 0 Å². The van der Waals surface area contributed by atoms with Crippen LogP contribution in [0.2, 0.25) is 0 Å². The van der Waals surface area contributed by atoms with Gasteiger partial charge in [-0.2, -0.15) is 11.8 Å². The van der Waals surface area contributed by atoms with E-state index in [1.54, 1.807) is 11.0 Å². The summed E-state index contributed by atoms with van der Waals surface area (Å²) in [5.41, 5.74) is 5.87. The fourth-order valence-corrected chi connectivity index (χ4v) is 3.22. The van der Waals surface area contributed by atoms with E-state index >= 15 is 0 Å². The first-order chi connectivity index (χ1) is 8.91. The first-order valence-electron chi connectivity index (χ1n) is 6.38. The molecule has 0 aromatic heterocycles. The molecule has 1 amide bonds. The summed E-state index contributed by atoms with van der Waals surface area (Å²) in [5.74, 6) is 0.194. The molecule has 2 rings (SSSR count). The molecule has 0 atom stereocenters. The summed E-state index contributed by atoms with van der Waals surface area (Å²) in [6.45, 7) is 5.74. The van der Waals surface area contributed by atoms with Crippen molar-refractivity contribution < 1.29 is 9.18 Å². The molecule has 3 nitrogen and oxygen atoms in total. The number of nitrogens with zero attached hydrogens (tertiary/aromatic N) is 1. The van der Waals surface area contributed by atoms with Crippen LogP contribution in [-0.4, -0.2) is 34.4 Å². The first-order valence-corrected chi connectivity index (χ1v) is 7.36. The predicted molar refractivity (Wildman–Crippen MR) is 77.9 cm³/mol. The van der Waals surface area contributed by atoms with Crippen LogP contribution in [0.3, 0.4) is 0 Å². The Bertz CT molecular complexity index is 490. The van der Waals surface area contributed by atoms with Gasteiger partial charge in [0.15, 0.2) is 0 Å². The Morgan fingerprint density at radius 3 is 2.89 bits per heavy atom. The lowest BCUT2D eigenvalue weighted by molar-refractivity contribution is 0.0765. The van der Waals surface area contributed by atoms with E-state index in [4.69, 9.17) is 5.73 Å². The Kier molecular flexibility index (Phi) is 4.04. The van der Waals surface area contributed by atoms with Crippen LogP contribution >= 0.6 is 11.8 Å². The highest BCUT2D eigenvalue weighted by atomic mass is 32.2. The third-order valence-electron chi connectivity index (χ3n) is 3.41. The third kappa shape index (κ3) is 3.21. The molecule has 0 unspecified atom stereocenters. The van der Waals surface area contributed by atoms with Gasteiger partial charge in [0.25, 0.3) is 5.91 Å². The van der Waals surface area contributed by atoms with Crippen LogP contribution in [-0.2, 0) is 0 Å². The van der Waals surface area contributed by atoms with Crippen LogP contribution in [0.15, 0.2) is 18.2 Å². The molecule has 19 heavy (non-hydrogen) atoms. The van der Waals surface area contributed by atoms with Crippen molar-refractivity contribution in [3.63, 3.8) is 0 Å². The fraction of sp³-hybridized carbons (Fsp3) is 0.500. The Hall–Kier alpha value is -1.23. The Balaban J connectivity index is 2.18. The van der Waals surface area contributed by atoms with E-state index < -0.39 is 5.82 Å². The van der Waals surface area contributed by atoms with Crippen LogP contribution in [0.1, 0.15) is 30.6 Å². The molecule has 1 aliphatic rings. The molecule has 1 saturated heterocycles. The highest BCUT2D eigenvalue weighted by Gasteiger charge is 2.27. The Labute approximate surface area is 117 Å². The zero-order valence-electron chi connectivity index (χ0n) is 11.3. The minimum Gasteiger partial charge on any atom is -0.396 e. The average Bonchev–Trinajstić information content (AvgIpc) is 2.53. The number of nitrogens with two attached hydrogens (primary N) is 1. The molecule has 0 radical (unpaired) electrons. The van der Waals surface area contributed by atoms with E-state index in [0.717, 1.165) is 12.2 Å². The largest absolute Gasteiger partial charge is 0.396 e. The zero-order chi connectivity index (χ0) is 14.0. The van der Waals surface area contributed by atoms with E-state index in [0.29, 0.717) is 13.1 Å². The normalized spacial score (nSPS) is 19.0. The molecule has 0 spiro atoms. The second-order valence-electron chi connectivity index (χ2n) is 5.35.